The molecule has 1 aliphatic rings. The molecule has 0 amide bonds. The second-order valence-corrected chi connectivity index (χ2v) is 3.78. The van der Waals surface area contributed by atoms with Gasteiger partial charge in [0.2, 0.25) is 0 Å². The molecule has 14 heavy (non-hydrogen) atoms. The van der Waals surface area contributed by atoms with Crippen LogP contribution < -0.4 is 0 Å². The van der Waals surface area contributed by atoms with E-state index in [9.17, 15) is 4.79 Å². The van der Waals surface area contributed by atoms with E-state index in [4.69, 9.17) is 5.26 Å². The lowest BCUT2D eigenvalue weighted by Gasteiger charge is -2.34. The van der Waals surface area contributed by atoms with Gasteiger partial charge in [-0.05, 0) is 24.1 Å². The number of nitrogens with zero attached hydrogens (tertiary/aromatic N) is 2. The summed E-state index contributed by atoms with van der Waals surface area (Å²) in [4.78, 5) is 15.0. The first kappa shape index (κ1) is 8.89. The smallest absolute Gasteiger partial charge is 0.136 e. The number of carbonyl (C=O) groups excluding carboxylic acids is 1. The lowest BCUT2D eigenvalue weighted by atomic mass is 9.64. The molecule has 1 aromatic rings. The van der Waals surface area contributed by atoms with Gasteiger partial charge in [0.05, 0.1) is 11.5 Å². The molecule has 3 nitrogen and oxygen atoms in total. The Bertz CT molecular complexity index is 423. The Morgan fingerprint density at radius 3 is 2.79 bits per heavy atom. The zero-order chi connectivity index (χ0) is 10.2. The molecule has 0 saturated heterocycles. The van der Waals surface area contributed by atoms with E-state index in [1.54, 1.807) is 12.4 Å². The number of aromatic nitrogens is 1. The number of aryl methyl sites for hydroxylation is 1. The Hall–Kier alpha value is -1.69. The van der Waals surface area contributed by atoms with Gasteiger partial charge in [-0.15, -0.1) is 0 Å². The molecule has 1 fully saturated rings. The highest BCUT2D eigenvalue weighted by Gasteiger charge is 2.46. The van der Waals surface area contributed by atoms with Gasteiger partial charge >= 0.3 is 0 Å². The fraction of sp³-hybridized carbons (Fsp3) is 0.364. The molecular weight excluding hydrogens is 176 g/mol. The topological polar surface area (TPSA) is 53.8 Å². The molecule has 0 aromatic carbocycles. The molecule has 0 aliphatic heterocycles. The van der Waals surface area contributed by atoms with Crippen LogP contribution in [0.5, 0.6) is 0 Å². The highest BCUT2D eigenvalue weighted by atomic mass is 16.1. The van der Waals surface area contributed by atoms with Crippen molar-refractivity contribution in [1.82, 2.24) is 4.98 Å². The Kier molecular flexibility index (Phi) is 1.85. The number of carbonyl (C=O) groups is 1. The molecule has 70 valence electrons. The largest absolute Gasteiger partial charge is 0.300 e. The van der Waals surface area contributed by atoms with E-state index in [1.165, 1.54) is 0 Å². The van der Waals surface area contributed by atoms with Crippen LogP contribution in [0.4, 0.5) is 0 Å². The van der Waals surface area contributed by atoms with Crippen molar-refractivity contribution in [2.45, 2.75) is 25.2 Å². The van der Waals surface area contributed by atoms with Crippen molar-refractivity contribution in [2.75, 3.05) is 0 Å². The van der Waals surface area contributed by atoms with Gasteiger partial charge in [-0.25, -0.2) is 0 Å². The Labute approximate surface area is 82.4 Å². The van der Waals surface area contributed by atoms with Gasteiger partial charge in [-0.1, -0.05) is 0 Å². The fourth-order valence-electron chi connectivity index (χ4n) is 1.96. The molecule has 1 aromatic heterocycles. The zero-order valence-electron chi connectivity index (χ0n) is 7.95. The minimum atomic E-state index is -0.565. The summed E-state index contributed by atoms with van der Waals surface area (Å²) >= 11 is 0. The van der Waals surface area contributed by atoms with Gasteiger partial charge in [-0.3, -0.25) is 9.78 Å². The van der Waals surface area contributed by atoms with Crippen molar-refractivity contribution in [1.29, 1.82) is 5.26 Å². The molecule has 1 aliphatic carbocycles. The minimum Gasteiger partial charge on any atom is -0.300 e. The van der Waals surface area contributed by atoms with Crippen LogP contribution in [0.25, 0.3) is 0 Å². The fourth-order valence-corrected chi connectivity index (χ4v) is 1.96. The molecule has 2 rings (SSSR count). The van der Waals surface area contributed by atoms with Crippen molar-refractivity contribution in [3.05, 3.63) is 29.6 Å². The summed E-state index contributed by atoms with van der Waals surface area (Å²) < 4.78 is 0. The van der Waals surface area contributed by atoms with E-state index < -0.39 is 5.41 Å². The van der Waals surface area contributed by atoms with Crippen LogP contribution in [0.2, 0.25) is 0 Å². The SMILES string of the molecule is Cc1cnccc1C1(C#N)CC(=O)C1. The standard InChI is InChI=1S/C11H10N2O/c1-8-6-13-3-2-10(8)11(7-12)4-9(14)5-11/h2-3,6H,4-5H2,1H3. The Morgan fingerprint density at radius 2 is 2.29 bits per heavy atom. The summed E-state index contributed by atoms with van der Waals surface area (Å²) in [6.07, 6.45) is 4.12. The van der Waals surface area contributed by atoms with Gasteiger partial charge in [0.1, 0.15) is 5.78 Å². The van der Waals surface area contributed by atoms with Crippen molar-refractivity contribution in [2.24, 2.45) is 0 Å². The maximum Gasteiger partial charge on any atom is 0.136 e. The summed E-state index contributed by atoms with van der Waals surface area (Å²) in [6.45, 7) is 1.92. The van der Waals surface area contributed by atoms with Crippen LogP contribution in [0.1, 0.15) is 24.0 Å². The van der Waals surface area contributed by atoms with Crippen LogP contribution in [-0.4, -0.2) is 10.8 Å². The predicted octanol–water partition coefficient (Wildman–Crippen LogP) is 1.51. The number of Topliss-reactive ketones (excluding diaryl/α,β-unsaturated/α-hetero) is 1. The summed E-state index contributed by atoms with van der Waals surface area (Å²) in [5.41, 5.74) is 1.38. The predicted molar refractivity (Wildman–Crippen MR) is 50.5 cm³/mol. The molecule has 0 spiro atoms. The molecular formula is C11H10N2O. The van der Waals surface area contributed by atoms with Crippen LogP contribution in [0.3, 0.4) is 0 Å². The second-order valence-electron chi connectivity index (χ2n) is 3.78. The van der Waals surface area contributed by atoms with Crippen molar-refractivity contribution < 1.29 is 4.79 Å². The first-order chi connectivity index (χ1) is 6.68. The molecule has 1 heterocycles. The molecule has 0 unspecified atom stereocenters. The van der Waals surface area contributed by atoms with Gasteiger partial charge in [-0.2, -0.15) is 5.26 Å². The number of nitriles is 1. The molecule has 0 N–H and O–H groups in total. The van der Waals surface area contributed by atoms with Crippen LogP contribution in [0, 0.1) is 18.3 Å². The lowest BCUT2D eigenvalue weighted by molar-refractivity contribution is -0.126. The first-order valence-corrected chi connectivity index (χ1v) is 4.52. The Balaban J connectivity index is 2.45. The molecule has 0 atom stereocenters. The molecule has 0 radical (unpaired) electrons. The van der Waals surface area contributed by atoms with Gasteiger partial charge in [0, 0.05) is 25.2 Å². The number of rotatable bonds is 1. The third-order valence-corrected chi connectivity index (χ3v) is 2.75. The van der Waals surface area contributed by atoms with Gasteiger partial charge in [0.25, 0.3) is 0 Å². The average Bonchev–Trinajstić information content (AvgIpc) is 2.14. The average molecular weight is 186 g/mol. The maximum atomic E-state index is 11.0. The number of hydrogen-bond donors (Lipinski definition) is 0. The maximum absolute atomic E-state index is 11.0. The van der Waals surface area contributed by atoms with Gasteiger partial charge in [0.15, 0.2) is 0 Å². The highest BCUT2D eigenvalue weighted by Crippen LogP contribution is 2.41. The molecule has 1 saturated carbocycles. The summed E-state index contributed by atoms with van der Waals surface area (Å²) in [5.74, 6) is 0.169. The monoisotopic (exact) mass is 186 g/mol. The van der Waals surface area contributed by atoms with E-state index in [2.05, 4.69) is 11.1 Å². The van der Waals surface area contributed by atoms with Crippen molar-refractivity contribution in [3.8, 4) is 6.07 Å². The summed E-state index contributed by atoms with van der Waals surface area (Å²) in [7, 11) is 0. The zero-order valence-corrected chi connectivity index (χ0v) is 7.95. The minimum absolute atomic E-state index is 0.169. The van der Waals surface area contributed by atoms with Crippen molar-refractivity contribution in [3.63, 3.8) is 0 Å². The second kappa shape index (κ2) is 2.91. The van der Waals surface area contributed by atoms with Crippen molar-refractivity contribution >= 4 is 5.78 Å². The number of hydrogen-bond acceptors (Lipinski definition) is 3. The quantitative estimate of drug-likeness (QED) is 0.668. The normalized spacial score (nSPS) is 18.4. The number of ketones is 1. The number of pyridine rings is 1. The Morgan fingerprint density at radius 1 is 1.57 bits per heavy atom. The summed E-state index contributed by atoms with van der Waals surface area (Å²) in [6, 6.07) is 4.09. The van der Waals surface area contributed by atoms with Gasteiger partial charge < -0.3 is 0 Å². The molecule has 3 heteroatoms. The lowest BCUT2D eigenvalue weighted by Crippen LogP contribution is -2.40. The first-order valence-electron chi connectivity index (χ1n) is 4.52. The van der Waals surface area contributed by atoms with E-state index in [0.29, 0.717) is 12.8 Å². The third kappa shape index (κ3) is 1.12. The van der Waals surface area contributed by atoms with Crippen LogP contribution in [0.15, 0.2) is 18.5 Å². The van der Waals surface area contributed by atoms with E-state index in [-0.39, 0.29) is 5.78 Å². The van der Waals surface area contributed by atoms with E-state index >= 15 is 0 Å². The molecule has 0 bridgehead atoms. The van der Waals surface area contributed by atoms with E-state index in [1.807, 2.05) is 13.0 Å². The third-order valence-electron chi connectivity index (χ3n) is 2.75. The summed E-state index contributed by atoms with van der Waals surface area (Å²) in [5, 5.41) is 9.11. The highest BCUT2D eigenvalue weighted by molar-refractivity contribution is 5.90. The van der Waals surface area contributed by atoms with Crippen LogP contribution in [-0.2, 0) is 10.2 Å². The van der Waals surface area contributed by atoms with E-state index in [0.717, 1.165) is 11.1 Å². The van der Waals surface area contributed by atoms with Crippen LogP contribution >= 0.6 is 0 Å².